The number of likely N-dealkylation sites (tertiary alicyclic amines) is 1. The Balaban J connectivity index is 2.50. The van der Waals surface area contributed by atoms with Gasteiger partial charge in [-0.25, -0.2) is 0 Å². The number of aliphatic hydroxyl groups is 2. The molecule has 2 atom stereocenters. The van der Waals surface area contributed by atoms with E-state index in [0.717, 1.165) is 32.4 Å². The molecule has 0 spiro atoms. The predicted octanol–water partition coefficient (Wildman–Crippen LogP) is 1.63. The molecule has 1 heterocycles. The minimum absolute atomic E-state index is 0.260. The fraction of sp³-hybridized carbons (Fsp3) is 1.00. The van der Waals surface area contributed by atoms with E-state index in [2.05, 4.69) is 4.90 Å². The van der Waals surface area contributed by atoms with Gasteiger partial charge in [0, 0.05) is 13.1 Å². The van der Waals surface area contributed by atoms with Gasteiger partial charge in [0.25, 0.3) is 0 Å². The zero-order chi connectivity index (χ0) is 12.4. The number of hydrogen-bond donors (Lipinski definition) is 2. The van der Waals surface area contributed by atoms with Crippen molar-refractivity contribution in [2.24, 2.45) is 5.92 Å². The first-order chi connectivity index (χ1) is 7.23. The van der Waals surface area contributed by atoms with Gasteiger partial charge in [0.1, 0.15) is 0 Å². The zero-order valence-electron chi connectivity index (χ0n) is 11.2. The van der Waals surface area contributed by atoms with Crippen LogP contribution in [0.1, 0.15) is 47.0 Å². The molecular formula is C13H27NO2. The first-order valence-corrected chi connectivity index (χ1v) is 6.40. The van der Waals surface area contributed by atoms with Crippen LogP contribution in [0.3, 0.4) is 0 Å². The van der Waals surface area contributed by atoms with Crippen LogP contribution in [0.4, 0.5) is 0 Å². The van der Waals surface area contributed by atoms with E-state index >= 15 is 0 Å². The lowest BCUT2D eigenvalue weighted by Gasteiger charge is -2.34. The van der Waals surface area contributed by atoms with Crippen molar-refractivity contribution in [3.8, 4) is 0 Å². The largest absolute Gasteiger partial charge is 0.390 e. The average molecular weight is 229 g/mol. The zero-order valence-corrected chi connectivity index (χ0v) is 11.2. The SMILES string of the molecule is CC(C)C(C)(O)CN1CCCC(C)(O)CC1. The Morgan fingerprint density at radius 1 is 1.31 bits per heavy atom. The number of hydrogen-bond acceptors (Lipinski definition) is 3. The van der Waals surface area contributed by atoms with Crippen molar-refractivity contribution in [1.29, 1.82) is 0 Å². The van der Waals surface area contributed by atoms with Crippen LogP contribution in [0.25, 0.3) is 0 Å². The molecule has 0 radical (unpaired) electrons. The molecule has 1 fully saturated rings. The molecule has 16 heavy (non-hydrogen) atoms. The molecule has 3 heteroatoms. The summed E-state index contributed by atoms with van der Waals surface area (Å²) in [7, 11) is 0. The summed E-state index contributed by atoms with van der Waals surface area (Å²) >= 11 is 0. The first-order valence-electron chi connectivity index (χ1n) is 6.40. The minimum Gasteiger partial charge on any atom is -0.390 e. The van der Waals surface area contributed by atoms with E-state index in [-0.39, 0.29) is 5.92 Å². The van der Waals surface area contributed by atoms with Crippen LogP contribution in [-0.4, -0.2) is 45.9 Å². The predicted molar refractivity (Wildman–Crippen MR) is 66.4 cm³/mol. The summed E-state index contributed by atoms with van der Waals surface area (Å²) in [5, 5.41) is 20.3. The van der Waals surface area contributed by atoms with E-state index in [1.54, 1.807) is 0 Å². The van der Waals surface area contributed by atoms with Gasteiger partial charge in [-0.1, -0.05) is 13.8 Å². The van der Waals surface area contributed by atoms with Gasteiger partial charge in [-0.15, -0.1) is 0 Å². The Bertz CT molecular complexity index is 224. The van der Waals surface area contributed by atoms with Crippen LogP contribution in [0.2, 0.25) is 0 Å². The van der Waals surface area contributed by atoms with E-state index < -0.39 is 11.2 Å². The lowest BCUT2D eigenvalue weighted by atomic mass is 9.92. The molecule has 1 aliphatic rings. The van der Waals surface area contributed by atoms with Gasteiger partial charge in [0.15, 0.2) is 0 Å². The molecule has 0 aromatic heterocycles. The van der Waals surface area contributed by atoms with Gasteiger partial charge >= 0.3 is 0 Å². The summed E-state index contributed by atoms with van der Waals surface area (Å²) < 4.78 is 0. The minimum atomic E-state index is -0.629. The molecule has 0 saturated carbocycles. The molecule has 2 N–H and O–H groups in total. The maximum atomic E-state index is 10.3. The van der Waals surface area contributed by atoms with Gasteiger partial charge in [-0.05, 0) is 45.6 Å². The topological polar surface area (TPSA) is 43.7 Å². The molecule has 1 aliphatic heterocycles. The second-order valence-electron chi connectivity index (χ2n) is 6.14. The van der Waals surface area contributed by atoms with Crippen LogP contribution in [0.15, 0.2) is 0 Å². The molecule has 1 rings (SSSR count). The summed E-state index contributed by atoms with van der Waals surface area (Å²) in [6.45, 7) is 10.5. The van der Waals surface area contributed by atoms with Gasteiger partial charge in [0.05, 0.1) is 11.2 Å². The van der Waals surface area contributed by atoms with Crippen molar-refractivity contribution in [1.82, 2.24) is 4.90 Å². The van der Waals surface area contributed by atoms with Gasteiger partial charge < -0.3 is 15.1 Å². The van der Waals surface area contributed by atoms with E-state index in [1.807, 2.05) is 27.7 Å². The second-order valence-corrected chi connectivity index (χ2v) is 6.14. The third-order valence-corrected chi connectivity index (χ3v) is 3.94. The lowest BCUT2D eigenvalue weighted by Crippen LogP contribution is -2.45. The maximum Gasteiger partial charge on any atom is 0.0768 e. The van der Waals surface area contributed by atoms with Crippen molar-refractivity contribution in [2.75, 3.05) is 19.6 Å². The Hall–Kier alpha value is -0.120. The summed E-state index contributed by atoms with van der Waals surface area (Å²) in [4.78, 5) is 2.28. The standard InChI is InChI=1S/C13H27NO2/c1-11(2)13(4,16)10-14-8-5-6-12(3,15)7-9-14/h11,15-16H,5-10H2,1-4H3. The van der Waals surface area contributed by atoms with Crippen molar-refractivity contribution >= 4 is 0 Å². The van der Waals surface area contributed by atoms with Crippen LogP contribution in [-0.2, 0) is 0 Å². The second kappa shape index (κ2) is 5.03. The molecule has 3 nitrogen and oxygen atoms in total. The van der Waals surface area contributed by atoms with Crippen molar-refractivity contribution in [2.45, 2.75) is 58.2 Å². The molecule has 1 saturated heterocycles. The molecule has 0 aromatic rings. The van der Waals surface area contributed by atoms with E-state index in [1.165, 1.54) is 0 Å². The summed E-state index contributed by atoms with van der Waals surface area (Å²) in [5.41, 5.74) is -1.14. The van der Waals surface area contributed by atoms with E-state index in [9.17, 15) is 10.2 Å². The maximum absolute atomic E-state index is 10.3. The van der Waals surface area contributed by atoms with Gasteiger partial charge in [0.2, 0.25) is 0 Å². The highest BCUT2D eigenvalue weighted by Crippen LogP contribution is 2.24. The normalized spacial score (nSPS) is 32.4. The number of rotatable bonds is 3. The third-order valence-electron chi connectivity index (χ3n) is 3.94. The van der Waals surface area contributed by atoms with Crippen LogP contribution >= 0.6 is 0 Å². The van der Waals surface area contributed by atoms with Crippen LogP contribution in [0.5, 0.6) is 0 Å². The van der Waals surface area contributed by atoms with Crippen molar-refractivity contribution in [3.63, 3.8) is 0 Å². The third kappa shape index (κ3) is 4.04. The molecule has 0 aliphatic carbocycles. The molecule has 0 aromatic carbocycles. The highest BCUT2D eigenvalue weighted by molar-refractivity contribution is 4.85. The van der Waals surface area contributed by atoms with Gasteiger partial charge in [-0.3, -0.25) is 0 Å². The quantitative estimate of drug-likeness (QED) is 0.773. The highest BCUT2D eigenvalue weighted by Gasteiger charge is 2.31. The Morgan fingerprint density at radius 2 is 1.94 bits per heavy atom. The number of β-amino-alcohol motifs (C(OH)–C–C–N with tert-alkyl or cyclic N) is 1. The average Bonchev–Trinajstić information content (AvgIpc) is 2.27. The Kier molecular flexibility index (Phi) is 4.38. The summed E-state index contributed by atoms with van der Waals surface area (Å²) in [6, 6.07) is 0. The molecular weight excluding hydrogens is 202 g/mol. The Morgan fingerprint density at radius 3 is 2.50 bits per heavy atom. The van der Waals surface area contributed by atoms with Crippen molar-refractivity contribution < 1.29 is 10.2 Å². The van der Waals surface area contributed by atoms with E-state index in [0.29, 0.717) is 6.54 Å². The van der Waals surface area contributed by atoms with Gasteiger partial charge in [-0.2, -0.15) is 0 Å². The summed E-state index contributed by atoms with van der Waals surface area (Å²) in [5.74, 6) is 0.260. The molecule has 2 unspecified atom stereocenters. The smallest absolute Gasteiger partial charge is 0.0768 e. The van der Waals surface area contributed by atoms with Crippen LogP contribution in [0, 0.1) is 5.92 Å². The lowest BCUT2D eigenvalue weighted by molar-refractivity contribution is -0.0205. The molecule has 96 valence electrons. The highest BCUT2D eigenvalue weighted by atomic mass is 16.3. The van der Waals surface area contributed by atoms with E-state index in [4.69, 9.17) is 0 Å². The fourth-order valence-corrected chi connectivity index (χ4v) is 2.11. The Labute approximate surface area is 99.5 Å². The first kappa shape index (κ1) is 13.9. The molecule has 0 bridgehead atoms. The monoisotopic (exact) mass is 229 g/mol. The fourth-order valence-electron chi connectivity index (χ4n) is 2.11. The summed E-state index contributed by atoms with van der Waals surface area (Å²) in [6.07, 6.45) is 2.69. The molecule has 0 amide bonds. The van der Waals surface area contributed by atoms with Crippen molar-refractivity contribution in [3.05, 3.63) is 0 Å². The number of nitrogens with zero attached hydrogens (tertiary/aromatic N) is 1. The van der Waals surface area contributed by atoms with Crippen LogP contribution < -0.4 is 0 Å².